The van der Waals surface area contributed by atoms with Gasteiger partial charge in [-0.15, -0.1) is 0 Å². The first-order valence-electron chi connectivity index (χ1n) is 12.5. The second-order valence-corrected chi connectivity index (χ2v) is 11.2. The van der Waals surface area contributed by atoms with Crippen LogP contribution in [0, 0.1) is 11.3 Å². The van der Waals surface area contributed by atoms with Crippen LogP contribution in [0.25, 0.3) is 44.5 Å². The fourth-order valence-electron chi connectivity index (χ4n) is 5.66. The number of H-pyrrole nitrogens is 1. The van der Waals surface area contributed by atoms with Gasteiger partial charge in [-0.1, -0.05) is 46.3 Å². The Kier molecular flexibility index (Phi) is 5.11. The molecule has 1 aliphatic carbocycles. The van der Waals surface area contributed by atoms with Crippen LogP contribution >= 0.6 is 15.9 Å². The molecule has 2 aromatic heterocycles. The van der Waals surface area contributed by atoms with Crippen molar-refractivity contribution in [1.29, 1.82) is 0 Å². The van der Waals surface area contributed by atoms with E-state index in [1.807, 2.05) is 12.3 Å². The smallest absolute Gasteiger partial charge is 0.145 e. The number of fused-ring (bicyclic) bond motifs is 2. The highest BCUT2D eigenvalue weighted by atomic mass is 79.9. The summed E-state index contributed by atoms with van der Waals surface area (Å²) in [4.78, 5) is 18.5. The van der Waals surface area contributed by atoms with Gasteiger partial charge in [0.2, 0.25) is 0 Å². The Labute approximate surface area is 217 Å². The van der Waals surface area contributed by atoms with Crippen molar-refractivity contribution in [2.24, 2.45) is 11.3 Å². The van der Waals surface area contributed by atoms with Crippen molar-refractivity contribution in [3.05, 3.63) is 71.3 Å². The van der Waals surface area contributed by atoms with Gasteiger partial charge >= 0.3 is 0 Å². The average Bonchev–Trinajstić information content (AvgIpc) is 3.30. The topological polar surface area (TPSA) is 75.6 Å². The fraction of sp³-hybridized carbons (Fsp3) is 0.276. The third kappa shape index (κ3) is 3.69. The summed E-state index contributed by atoms with van der Waals surface area (Å²) in [6.07, 6.45) is 4.81. The van der Waals surface area contributed by atoms with E-state index in [4.69, 9.17) is 4.98 Å². The first-order chi connectivity index (χ1) is 17.6. The molecule has 7 rings (SSSR count). The summed E-state index contributed by atoms with van der Waals surface area (Å²) in [6, 6.07) is 21.1. The lowest BCUT2D eigenvalue weighted by molar-refractivity contribution is -0.129. The number of aromatic nitrogens is 4. The standard InChI is InChI=1S/C29H26BrN5O/c30-23-8-10-25-26(14-23)35(17-29(11-12-31-16-29)27(36)19-3-4-19)28(33-25)20-5-1-18(2-6-20)21-7-9-24-22(13-21)15-32-34-24/h1-2,5-10,13-15,19,31H,3-4,11-12,16-17H2,(H,32,34)/t29-/m0/s1. The highest BCUT2D eigenvalue weighted by Crippen LogP contribution is 2.42. The monoisotopic (exact) mass is 539 g/mol. The lowest BCUT2D eigenvalue weighted by Crippen LogP contribution is -2.39. The van der Waals surface area contributed by atoms with Crippen LogP contribution in [0.4, 0.5) is 0 Å². The molecule has 0 spiro atoms. The van der Waals surface area contributed by atoms with E-state index in [0.717, 1.165) is 81.3 Å². The summed E-state index contributed by atoms with van der Waals surface area (Å²) in [6.45, 7) is 2.28. The van der Waals surface area contributed by atoms with Crippen LogP contribution < -0.4 is 5.32 Å². The number of imidazole rings is 1. The minimum Gasteiger partial charge on any atom is -0.323 e. The number of ketones is 1. The van der Waals surface area contributed by atoms with E-state index in [1.54, 1.807) is 0 Å². The molecule has 2 aliphatic rings. The third-order valence-corrected chi connectivity index (χ3v) is 8.30. The minimum atomic E-state index is -0.369. The first-order valence-corrected chi connectivity index (χ1v) is 13.3. The van der Waals surface area contributed by atoms with Crippen molar-refractivity contribution in [1.82, 2.24) is 25.1 Å². The van der Waals surface area contributed by atoms with E-state index in [9.17, 15) is 4.79 Å². The maximum atomic E-state index is 13.5. The lowest BCUT2D eigenvalue weighted by atomic mass is 9.80. The number of nitrogens with zero attached hydrogens (tertiary/aromatic N) is 3. The minimum absolute atomic E-state index is 0.238. The molecule has 0 amide bonds. The summed E-state index contributed by atoms with van der Waals surface area (Å²) in [7, 11) is 0. The molecule has 5 aromatic rings. The number of benzene rings is 3. The van der Waals surface area contributed by atoms with Crippen molar-refractivity contribution < 1.29 is 4.79 Å². The molecule has 1 saturated carbocycles. The molecule has 2 fully saturated rings. The van der Waals surface area contributed by atoms with Gasteiger partial charge in [0.15, 0.2) is 0 Å². The molecule has 3 aromatic carbocycles. The van der Waals surface area contributed by atoms with Crippen LogP contribution in [0.2, 0.25) is 0 Å². The van der Waals surface area contributed by atoms with Crippen molar-refractivity contribution in [3.8, 4) is 22.5 Å². The molecule has 0 radical (unpaired) electrons. The van der Waals surface area contributed by atoms with Crippen LogP contribution in [0.3, 0.4) is 0 Å². The largest absolute Gasteiger partial charge is 0.323 e. The van der Waals surface area contributed by atoms with Crippen LogP contribution in [0.15, 0.2) is 71.3 Å². The van der Waals surface area contributed by atoms with Crippen LogP contribution in [-0.4, -0.2) is 38.6 Å². The Morgan fingerprint density at radius 1 is 1.03 bits per heavy atom. The summed E-state index contributed by atoms with van der Waals surface area (Å²) in [5, 5.41) is 11.7. The number of rotatable bonds is 6. The van der Waals surface area contributed by atoms with Crippen molar-refractivity contribution >= 4 is 43.6 Å². The Morgan fingerprint density at radius 3 is 2.61 bits per heavy atom. The van der Waals surface area contributed by atoms with E-state index < -0.39 is 0 Å². The molecule has 1 saturated heterocycles. The van der Waals surface area contributed by atoms with E-state index in [2.05, 4.69) is 90.6 Å². The second-order valence-electron chi connectivity index (χ2n) is 10.2. The molecular formula is C29H26BrN5O. The Balaban J connectivity index is 1.31. The summed E-state index contributed by atoms with van der Waals surface area (Å²) in [5.41, 5.74) is 6.02. The maximum Gasteiger partial charge on any atom is 0.145 e. The van der Waals surface area contributed by atoms with Gasteiger partial charge in [0, 0.05) is 34.4 Å². The Morgan fingerprint density at radius 2 is 1.83 bits per heavy atom. The molecule has 180 valence electrons. The molecular weight excluding hydrogens is 514 g/mol. The Bertz CT molecular complexity index is 1610. The summed E-state index contributed by atoms with van der Waals surface area (Å²) >= 11 is 3.64. The van der Waals surface area contributed by atoms with E-state index >= 15 is 0 Å². The molecule has 1 atom stereocenters. The second kappa shape index (κ2) is 8.39. The van der Waals surface area contributed by atoms with Gasteiger partial charge < -0.3 is 9.88 Å². The van der Waals surface area contributed by atoms with Gasteiger partial charge in [-0.05, 0) is 67.3 Å². The zero-order valence-corrected chi connectivity index (χ0v) is 21.4. The van der Waals surface area contributed by atoms with Gasteiger partial charge in [0.05, 0.1) is 28.2 Å². The fourth-order valence-corrected chi connectivity index (χ4v) is 6.01. The van der Waals surface area contributed by atoms with Crippen LogP contribution in [-0.2, 0) is 11.3 Å². The maximum absolute atomic E-state index is 13.5. The zero-order chi connectivity index (χ0) is 24.3. The average molecular weight is 540 g/mol. The first kappa shape index (κ1) is 21.9. The molecule has 36 heavy (non-hydrogen) atoms. The lowest BCUT2D eigenvalue weighted by Gasteiger charge is -2.28. The molecule has 2 N–H and O–H groups in total. The molecule has 0 unspecified atom stereocenters. The summed E-state index contributed by atoms with van der Waals surface area (Å²) < 4.78 is 3.29. The highest BCUT2D eigenvalue weighted by molar-refractivity contribution is 9.10. The number of aromatic amines is 1. The molecule has 7 heteroatoms. The number of hydrogen-bond donors (Lipinski definition) is 2. The number of halogens is 1. The summed E-state index contributed by atoms with van der Waals surface area (Å²) in [5.74, 6) is 1.58. The molecule has 3 heterocycles. The van der Waals surface area contributed by atoms with Gasteiger partial charge in [-0.25, -0.2) is 4.98 Å². The number of Topliss-reactive ketones (excluding diaryl/α,β-unsaturated/α-hetero) is 1. The van der Waals surface area contributed by atoms with Crippen molar-refractivity contribution in [2.75, 3.05) is 13.1 Å². The van der Waals surface area contributed by atoms with E-state index in [1.165, 1.54) is 0 Å². The molecule has 0 bridgehead atoms. The zero-order valence-electron chi connectivity index (χ0n) is 19.8. The van der Waals surface area contributed by atoms with Gasteiger partial charge in [0.1, 0.15) is 11.6 Å². The number of nitrogens with one attached hydrogen (secondary N) is 2. The van der Waals surface area contributed by atoms with Crippen LogP contribution in [0.5, 0.6) is 0 Å². The van der Waals surface area contributed by atoms with Crippen molar-refractivity contribution in [3.63, 3.8) is 0 Å². The Hall–Kier alpha value is -3.29. The van der Waals surface area contributed by atoms with Crippen LogP contribution in [0.1, 0.15) is 19.3 Å². The third-order valence-electron chi connectivity index (χ3n) is 7.80. The van der Waals surface area contributed by atoms with Crippen molar-refractivity contribution in [2.45, 2.75) is 25.8 Å². The van der Waals surface area contributed by atoms with E-state index in [0.29, 0.717) is 12.3 Å². The molecule has 1 aliphatic heterocycles. The number of hydrogen-bond acceptors (Lipinski definition) is 4. The van der Waals surface area contributed by atoms with E-state index in [-0.39, 0.29) is 11.3 Å². The number of carbonyl (C=O) groups is 1. The van der Waals surface area contributed by atoms with Gasteiger partial charge in [0.25, 0.3) is 0 Å². The quantitative estimate of drug-likeness (QED) is 0.279. The van der Waals surface area contributed by atoms with Gasteiger partial charge in [-0.2, -0.15) is 5.10 Å². The molecule has 6 nitrogen and oxygen atoms in total. The normalized spacial score (nSPS) is 19.9. The number of carbonyl (C=O) groups excluding carboxylic acids is 1. The SMILES string of the molecule is O=C(C1CC1)[C@@]1(Cn2c(-c3ccc(-c4ccc5[nH]ncc5c4)cc3)nc3ccc(Br)cc32)CCNC1. The highest BCUT2D eigenvalue weighted by Gasteiger charge is 2.48. The van der Waals surface area contributed by atoms with Gasteiger partial charge in [-0.3, -0.25) is 9.89 Å². The predicted molar refractivity (Wildman–Crippen MR) is 146 cm³/mol. The predicted octanol–water partition coefficient (Wildman–Crippen LogP) is 5.97.